The van der Waals surface area contributed by atoms with Gasteiger partial charge >= 0.3 is 0 Å². The molecule has 8 heteroatoms. The van der Waals surface area contributed by atoms with Gasteiger partial charge in [-0.2, -0.15) is 5.26 Å². The van der Waals surface area contributed by atoms with Gasteiger partial charge in [-0.1, -0.05) is 6.92 Å². The molecule has 1 N–H and O–H groups in total. The van der Waals surface area contributed by atoms with Crippen molar-refractivity contribution in [3.8, 4) is 6.07 Å². The van der Waals surface area contributed by atoms with E-state index < -0.39 is 16.8 Å². The summed E-state index contributed by atoms with van der Waals surface area (Å²) in [7, 11) is -1.05. The predicted molar refractivity (Wildman–Crippen MR) is 95.8 cm³/mol. The van der Waals surface area contributed by atoms with Crippen molar-refractivity contribution in [2.24, 2.45) is 5.41 Å². The predicted octanol–water partition coefficient (Wildman–Crippen LogP) is 2.13. The SMILES string of the molecule is CS(=O)NCC1(C)CCCN(c2ncnc3cc(F)c(C#N)cc23)C1. The summed E-state index contributed by atoms with van der Waals surface area (Å²) in [6.45, 7) is 4.37. The Labute approximate surface area is 148 Å². The molecule has 0 bridgehead atoms. The summed E-state index contributed by atoms with van der Waals surface area (Å²) in [6, 6.07) is 4.67. The number of nitriles is 1. The number of fused-ring (bicyclic) bond motifs is 1. The zero-order chi connectivity index (χ0) is 18.0. The van der Waals surface area contributed by atoms with Crippen molar-refractivity contribution in [2.75, 3.05) is 30.8 Å². The molecule has 0 spiro atoms. The highest BCUT2D eigenvalue weighted by Crippen LogP contribution is 2.34. The van der Waals surface area contributed by atoms with Crippen LogP contribution in [-0.4, -0.2) is 40.1 Å². The van der Waals surface area contributed by atoms with Gasteiger partial charge < -0.3 is 4.90 Å². The molecule has 2 aromatic rings. The summed E-state index contributed by atoms with van der Waals surface area (Å²) in [6.07, 6.45) is 5.05. The zero-order valence-electron chi connectivity index (χ0n) is 14.3. The van der Waals surface area contributed by atoms with Crippen molar-refractivity contribution >= 4 is 27.7 Å². The molecule has 0 aliphatic carbocycles. The summed E-state index contributed by atoms with van der Waals surface area (Å²) in [5.74, 6) is 0.141. The number of halogens is 1. The molecule has 0 radical (unpaired) electrons. The van der Waals surface area contributed by atoms with Gasteiger partial charge in [0, 0.05) is 37.3 Å². The van der Waals surface area contributed by atoms with E-state index >= 15 is 0 Å². The minimum atomic E-state index is -1.05. The molecule has 6 nitrogen and oxygen atoms in total. The zero-order valence-corrected chi connectivity index (χ0v) is 15.1. The first-order valence-electron chi connectivity index (χ1n) is 8.08. The van der Waals surface area contributed by atoms with Crippen LogP contribution in [-0.2, 0) is 11.0 Å². The standard InChI is InChI=1S/C17H20FN5OS/c1-17(9-22-25(2)24)4-3-5-23(10-17)16-13-6-12(8-19)14(18)7-15(13)20-11-21-16/h6-7,11,22H,3-5,9-10H2,1-2H3. The number of hydrogen-bond donors (Lipinski definition) is 1. The number of piperidine rings is 1. The van der Waals surface area contributed by atoms with Crippen LogP contribution < -0.4 is 9.62 Å². The normalized spacial score (nSPS) is 21.9. The Bertz CT molecular complexity index is 868. The minimum absolute atomic E-state index is 0.00799. The van der Waals surface area contributed by atoms with Crippen molar-refractivity contribution in [3.63, 3.8) is 0 Å². The Hall–Kier alpha value is -2.11. The van der Waals surface area contributed by atoms with Crippen molar-refractivity contribution in [2.45, 2.75) is 19.8 Å². The lowest BCUT2D eigenvalue weighted by Crippen LogP contribution is -2.47. The third-order valence-electron chi connectivity index (χ3n) is 4.61. The van der Waals surface area contributed by atoms with E-state index in [0.717, 1.165) is 25.9 Å². The second kappa shape index (κ2) is 7.02. The van der Waals surface area contributed by atoms with E-state index in [4.69, 9.17) is 5.26 Å². The Morgan fingerprint density at radius 2 is 2.28 bits per heavy atom. The quantitative estimate of drug-likeness (QED) is 0.902. The minimum Gasteiger partial charge on any atom is -0.355 e. The monoisotopic (exact) mass is 361 g/mol. The van der Waals surface area contributed by atoms with Gasteiger partial charge in [0.05, 0.1) is 22.1 Å². The molecule has 1 aliphatic heterocycles. The van der Waals surface area contributed by atoms with Crippen LogP contribution in [0.4, 0.5) is 10.2 Å². The Morgan fingerprint density at radius 3 is 3.00 bits per heavy atom. The molecule has 1 aromatic carbocycles. The lowest BCUT2D eigenvalue weighted by molar-refractivity contribution is 0.264. The molecule has 0 saturated carbocycles. The number of nitrogens with zero attached hydrogens (tertiary/aromatic N) is 4. The van der Waals surface area contributed by atoms with E-state index in [9.17, 15) is 8.60 Å². The molecule has 132 valence electrons. The van der Waals surface area contributed by atoms with E-state index in [1.807, 2.05) is 6.07 Å². The van der Waals surface area contributed by atoms with Gasteiger partial charge in [-0.25, -0.2) is 23.3 Å². The van der Waals surface area contributed by atoms with Crippen molar-refractivity contribution < 1.29 is 8.60 Å². The molecule has 0 amide bonds. The number of benzene rings is 1. The maximum Gasteiger partial charge on any atom is 0.143 e. The van der Waals surface area contributed by atoms with Gasteiger partial charge in [0.15, 0.2) is 0 Å². The van der Waals surface area contributed by atoms with Gasteiger partial charge in [-0.05, 0) is 24.3 Å². The molecule has 2 unspecified atom stereocenters. The summed E-state index contributed by atoms with van der Waals surface area (Å²) < 4.78 is 28.2. The smallest absolute Gasteiger partial charge is 0.143 e. The molecule has 1 fully saturated rings. The van der Waals surface area contributed by atoms with E-state index in [0.29, 0.717) is 23.3 Å². The lowest BCUT2D eigenvalue weighted by Gasteiger charge is -2.41. The summed E-state index contributed by atoms with van der Waals surface area (Å²) >= 11 is 0. The fraction of sp³-hybridized carbons (Fsp3) is 0.471. The third kappa shape index (κ3) is 3.78. The van der Waals surface area contributed by atoms with Crippen molar-refractivity contribution in [3.05, 3.63) is 29.8 Å². The maximum atomic E-state index is 13.9. The van der Waals surface area contributed by atoms with Gasteiger partial charge in [0.1, 0.15) is 24.0 Å². The molecular formula is C17H20FN5OS. The van der Waals surface area contributed by atoms with Crippen molar-refractivity contribution in [1.82, 2.24) is 14.7 Å². The van der Waals surface area contributed by atoms with Gasteiger partial charge in [-0.3, -0.25) is 0 Å². The van der Waals surface area contributed by atoms with Crippen LogP contribution in [0.1, 0.15) is 25.3 Å². The van der Waals surface area contributed by atoms with E-state index in [-0.39, 0.29) is 11.0 Å². The maximum absolute atomic E-state index is 13.9. The summed E-state index contributed by atoms with van der Waals surface area (Å²) in [4.78, 5) is 10.7. The number of nitrogens with one attached hydrogen (secondary N) is 1. The Morgan fingerprint density at radius 1 is 1.48 bits per heavy atom. The molecule has 1 aliphatic rings. The van der Waals surface area contributed by atoms with Crippen LogP contribution >= 0.6 is 0 Å². The fourth-order valence-electron chi connectivity index (χ4n) is 3.32. The van der Waals surface area contributed by atoms with E-state index in [1.54, 1.807) is 6.26 Å². The van der Waals surface area contributed by atoms with E-state index in [1.165, 1.54) is 18.5 Å². The second-order valence-electron chi connectivity index (χ2n) is 6.77. The second-order valence-corrected chi connectivity index (χ2v) is 7.97. The number of rotatable bonds is 4. The summed E-state index contributed by atoms with van der Waals surface area (Å²) in [5.41, 5.74) is 0.437. The van der Waals surface area contributed by atoms with Crippen LogP contribution in [0, 0.1) is 22.6 Å². The van der Waals surface area contributed by atoms with Gasteiger partial charge in [-0.15, -0.1) is 0 Å². The van der Waals surface area contributed by atoms with Crippen LogP contribution in [0.5, 0.6) is 0 Å². The fourth-order valence-corrected chi connectivity index (χ4v) is 3.87. The first kappa shape index (κ1) is 17.7. The molecule has 3 rings (SSSR count). The average molecular weight is 361 g/mol. The van der Waals surface area contributed by atoms with E-state index in [2.05, 4.69) is 26.5 Å². The first-order chi connectivity index (χ1) is 11.9. The lowest BCUT2D eigenvalue weighted by atomic mass is 9.82. The highest BCUT2D eigenvalue weighted by Gasteiger charge is 2.32. The molecular weight excluding hydrogens is 341 g/mol. The topological polar surface area (TPSA) is 81.9 Å². The number of anilines is 1. The third-order valence-corrected chi connectivity index (χ3v) is 5.16. The van der Waals surface area contributed by atoms with Crippen molar-refractivity contribution in [1.29, 1.82) is 5.26 Å². The Balaban J connectivity index is 1.95. The Kier molecular flexibility index (Phi) is 4.97. The van der Waals surface area contributed by atoms with Gasteiger partial charge in [0.2, 0.25) is 0 Å². The molecule has 1 aromatic heterocycles. The van der Waals surface area contributed by atoms with Crippen LogP contribution in [0.15, 0.2) is 18.5 Å². The van der Waals surface area contributed by atoms with Gasteiger partial charge in [0.25, 0.3) is 0 Å². The number of aromatic nitrogens is 2. The molecule has 1 saturated heterocycles. The molecule has 2 atom stereocenters. The molecule has 2 heterocycles. The molecule has 25 heavy (non-hydrogen) atoms. The largest absolute Gasteiger partial charge is 0.355 e. The first-order valence-corrected chi connectivity index (χ1v) is 9.64. The van der Waals surface area contributed by atoms with Crippen LogP contribution in [0.25, 0.3) is 10.9 Å². The average Bonchev–Trinajstić information content (AvgIpc) is 2.59. The van der Waals surface area contributed by atoms with Crippen LogP contribution in [0.3, 0.4) is 0 Å². The summed E-state index contributed by atoms with van der Waals surface area (Å²) in [5, 5.41) is 9.78. The van der Waals surface area contributed by atoms with Crippen LogP contribution in [0.2, 0.25) is 0 Å². The highest BCUT2D eigenvalue weighted by atomic mass is 32.2. The number of hydrogen-bond acceptors (Lipinski definition) is 5. The highest BCUT2D eigenvalue weighted by molar-refractivity contribution is 7.82.